The van der Waals surface area contributed by atoms with Gasteiger partial charge in [-0.25, -0.2) is 0 Å². The molecule has 0 saturated carbocycles. The standard InChI is InChI=1S/C21H21N3O2/c1-14-13-24(12-11-19(14)25)21-18-6-4-3-5-17(18)20(22-23-21)15-7-9-16(26-2)10-8-15/h3-10,14H,11-13H2,1-2H3. The van der Waals surface area contributed by atoms with E-state index in [1.807, 2.05) is 43.3 Å². The molecule has 0 spiro atoms. The van der Waals surface area contributed by atoms with Crippen LogP contribution in [0.1, 0.15) is 13.3 Å². The molecule has 0 aliphatic carbocycles. The highest BCUT2D eigenvalue weighted by molar-refractivity contribution is 6.00. The second kappa shape index (κ2) is 6.75. The minimum atomic E-state index is 0.0329. The van der Waals surface area contributed by atoms with Crippen molar-refractivity contribution in [1.29, 1.82) is 0 Å². The number of rotatable bonds is 3. The molecule has 1 unspecified atom stereocenters. The average molecular weight is 347 g/mol. The zero-order valence-electron chi connectivity index (χ0n) is 15.0. The van der Waals surface area contributed by atoms with Gasteiger partial charge in [0.05, 0.1) is 7.11 Å². The molecule has 3 aromatic rings. The maximum Gasteiger partial charge on any atom is 0.159 e. The van der Waals surface area contributed by atoms with Crippen LogP contribution < -0.4 is 9.64 Å². The number of hydrogen-bond donors (Lipinski definition) is 0. The van der Waals surface area contributed by atoms with E-state index in [-0.39, 0.29) is 5.92 Å². The first-order chi connectivity index (χ1) is 12.7. The van der Waals surface area contributed by atoms with Gasteiger partial charge in [0.25, 0.3) is 0 Å². The predicted octanol–water partition coefficient (Wildman–Crippen LogP) is 3.72. The first kappa shape index (κ1) is 16.5. The highest BCUT2D eigenvalue weighted by Crippen LogP contribution is 2.33. The van der Waals surface area contributed by atoms with Crippen molar-refractivity contribution in [3.63, 3.8) is 0 Å². The Balaban J connectivity index is 1.79. The Kier molecular flexibility index (Phi) is 4.29. The summed E-state index contributed by atoms with van der Waals surface area (Å²) in [6, 6.07) is 16.0. The molecule has 132 valence electrons. The average Bonchev–Trinajstić information content (AvgIpc) is 2.69. The number of Topliss-reactive ketones (excluding diaryl/α,β-unsaturated/α-hetero) is 1. The summed E-state index contributed by atoms with van der Waals surface area (Å²) >= 11 is 0. The number of methoxy groups -OCH3 is 1. The lowest BCUT2D eigenvalue weighted by Crippen LogP contribution is -2.40. The molecule has 0 amide bonds. The molecule has 1 aliphatic rings. The van der Waals surface area contributed by atoms with Crippen molar-refractivity contribution in [3.8, 4) is 17.0 Å². The zero-order valence-corrected chi connectivity index (χ0v) is 15.0. The Labute approximate surface area is 152 Å². The molecule has 0 N–H and O–H groups in total. The first-order valence-corrected chi connectivity index (χ1v) is 8.85. The number of anilines is 1. The van der Waals surface area contributed by atoms with Gasteiger partial charge >= 0.3 is 0 Å². The smallest absolute Gasteiger partial charge is 0.159 e. The van der Waals surface area contributed by atoms with Gasteiger partial charge in [-0.05, 0) is 24.3 Å². The Hall–Kier alpha value is -2.95. The molecule has 4 rings (SSSR count). The molecule has 5 heteroatoms. The SMILES string of the molecule is COc1ccc(-c2nnc(N3CCC(=O)C(C)C3)c3ccccc23)cc1. The van der Waals surface area contributed by atoms with Gasteiger partial charge in [-0.3, -0.25) is 4.79 Å². The van der Waals surface area contributed by atoms with Gasteiger partial charge in [-0.15, -0.1) is 10.2 Å². The van der Waals surface area contributed by atoms with Crippen molar-refractivity contribution in [2.75, 3.05) is 25.1 Å². The molecular formula is C21H21N3O2. The molecule has 0 bridgehead atoms. The largest absolute Gasteiger partial charge is 0.497 e. The van der Waals surface area contributed by atoms with Gasteiger partial charge in [-0.2, -0.15) is 0 Å². The lowest BCUT2D eigenvalue weighted by atomic mass is 9.98. The summed E-state index contributed by atoms with van der Waals surface area (Å²) in [4.78, 5) is 14.0. The number of ether oxygens (including phenoxy) is 1. The van der Waals surface area contributed by atoms with E-state index in [0.717, 1.165) is 33.6 Å². The third kappa shape index (κ3) is 2.90. The van der Waals surface area contributed by atoms with Gasteiger partial charge in [0.2, 0.25) is 0 Å². The molecule has 5 nitrogen and oxygen atoms in total. The third-order valence-electron chi connectivity index (χ3n) is 5.00. The lowest BCUT2D eigenvalue weighted by molar-refractivity contribution is -0.122. The summed E-state index contributed by atoms with van der Waals surface area (Å²) in [6.45, 7) is 3.37. The summed E-state index contributed by atoms with van der Waals surface area (Å²) < 4.78 is 5.24. The summed E-state index contributed by atoms with van der Waals surface area (Å²) in [7, 11) is 1.66. The van der Waals surface area contributed by atoms with Crippen LogP contribution in [0.2, 0.25) is 0 Å². The maximum absolute atomic E-state index is 11.9. The fraction of sp³-hybridized carbons (Fsp3) is 0.286. The molecule has 26 heavy (non-hydrogen) atoms. The molecule has 0 radical (unpaired) electrons. The summed E-state index contributed by atoms with van der Waals surface area (Å²) in [5.41, 5.74) is 1.86. The van der Waals surface area contributed by atoms with Crippen molar-refractivity contribution in [2.24, 2.45) is 5.92 Å². The Morgan fingerprint density at radius 2 is 1.77 bits per heavy atom. The molecule has 1 aromatic heterocycles. The van der Waals surface area contributed by atoms with Crippen LogP contribution in [0.4, 0.5) is 5.82 Å². The van der Waals surface area contributed by atoms with E-state index in [9.17, 15) is 4.79 Å². The minimum Gasteiger partial charge on any atom is -0.497 e. The van der Waals surface area contributed by atoms with E-state index in [2.05, 4.69) is 27.2 Å². The van der Waals surface area contributed by atoms with Crippen LogP contribution in [0.5, 0.6) is 5.75 Å². The predicted molar refractivity (Wildman–Crippen MR) is 103 cm³/mol. The zero-order chi connectivity index (χ0) is 18.1. The molecule has 2 aromatic carbocycles. The number of hydrogen-bond acceptors (Lipinski definition) is 5. The first-order valence-electron chi connectivity index (χ1n) is 8.85. The van der Waals surface area contributed by atoms with Crippen LogP contribution in [0.3, 0.4) is 0 Å². The van der Waals surface area contributed by atoms with E-state index >= 15 is 0 Å². The van der Waals surface area contributed by atoms with Crippen molar-refractivity contribution in [1.82, 2.24) is 10.2 Å². The second-order valence-electron chi connectivity index (χ2n) is 6.71. The van der Waals surface area contributed by atoms with Crippen molar-refractivity contribution < 1.29 is 9.53 Å². The number of aromatic nitrogens is 2. The quantitative estimate of drug-likeness (QED) is 0.723. The highest BCUT2D eigenvalue weighted by Gasteiger charge is 2.26. The van der Waals surface area contributed by atoms with E-state index in [1.165, 1.54) is 0 Å². The Morgan fingerprint density at radius 3 is 2.46 bits per heavy atom. The van der Waals surface area contributed by atoms with E-state index in [1.54, 1.807) is 7.11 Å². The summed E-state index contributed by atoms with van der Waals surface area (Å²) in [5.74, 6) is 2.03. The van der Waals surface area contributed by atoms with Crippen molar-refractivity contribution in [3.05, 3.63) is 48.5 Å². The maximum atomic E-state index is 11.9. The third-order valence-corrected chi connectivity index (χ3v) is 5.00. The van der Waals surface area contributed by atoms with E-state index in [0.29, 0.717) is 25.3 Å². The fourth-order valence-corrected chi connectivity index (χ4v) is 3.49. The molecule has 1 aliphatic heterocycles. The van der Waals surface area contributed by atoms with Crippen molar-refractivity contribution >= 4 is 22.4 Å². The van der Waals surface area contributed by atoms with Crippen LogP contribution >= 0.6 is 0 Å². The van der Waals surface area contributed by atoms with Crippen LogP contribution in [-0.4, -0.2) is 36.2 Å². The fourth-order valence-electron chi connectivity index (χ4n) is 3.49. The van der Waals surface area contributed by atoms with Crippen LogP contribution in [0, 0.1) is 5.92 Å². The van der Waals surface area contributed by atoms with Gasteiger partial charge in [-0.1, -0.05) is 31.2 Å². The van der Waals surface area contributed by atoms with Crippen LogP contribution in [0.15, 0.2) is 48.5 Å². The minimum absolute atomic E-state index is 0.0329. The lowest BCUT2D eigenvalue weighted by Gasteiger charge is -2.31. The Bertz CT molecular complexity index is 953. The van der Waals surface area contributed by atoms with E-state index < -0.39 is 0 Å². The van der Waals surface area contributed by atoms with Crippen molar-refractivity contribution in [2.45, 2.75) is 13.3 Å². The topological polar surface area (TPSA) is 55.3 Å². The number of piperidine rings is 1. The molecule has 1 atom stereocenters. The van der Waals surface area contributed by atoms with Gasteiger partial charge in [0.15, 0.2) is 5.82 Å². The van der Waals surface area contributed by atoms with Crippen LogP contribution in [0.25, 0.3) is 22.0 Å². The molecular weight excluding hydrogens is 326 g/mol. The number of fused-ring (bicyclic) bond motifs is 1. The van der Waals surface area contributed by atoms with Gasteiger partial charge in [0, 0.05) is 41.8 Å². The molecule has 1 saturated heterocycles. The number of carbonyl (C=O) groups is 1. The number of carbonyl (C=O) groups excluding carboxylic acids is 1. The molecule has 1 fully saturated rings. The van der Waals surface area contributed by atoms with Gasteiger partial charge in [0.1, 0.15) is 17.2 Å². The van der Waals surface area contributed by atoms with E-state index in [4.69, 9.17) is 4.74 Å². The summed E-state index contributed by atoms with van der Waals surface area (Å²) in [6.07, 6.45) is 0.567. The monoisotopic (exact) mass is 347 g/mol. The second-order valence-corrected chi connectivity index (χ2v) is 6.71. The Morgan fingerprint density at radius 1 is 1.04 bits per heavy atom. The van der Waals surface area contributed by atoms with Crippen LogP contribution in [-0.2, 0) is 4.79 Å². The summed E-state index contributed by atoms with van der Waals surface area (Å²) in [5, 5.41) is 11.2. The normalized spacial score (nSPS) is 17.5. The molecule has 2 heterocycles. The number of nitrogens with zero attached hydrogens (tertiary/aromatic N) is 3. The number of benzene rings is 2. The highest BCUT2D eigenvalue weighted by atomic mass is 16.5. The van der Waals surface area contributed by atoms with Gasteiger partial charge < -0.3 is 9.64 Å². The number of ketones is 1.